The van der Waals surface area contributed by atoms with E-state index in [4.69, 9.17) is 10.7 Å². The van der Waals surface area contributed by atoms with Gasteiger partial charge in [0, 0.05) is 17.5 Å². The SMILES string of the molecule is CCN(CC)CC(O)c1cc(-c2ccccc2)nc2c(N)cccc12. The van der Waals surface area contributed by atoms with E-state index in [1.165, 1.54) is 0 Å². The van der Waals surface area contributed by atoms with Crippen LogP contribution in [0.3, 0.4) is 0 Å². The third kappa shape index (κ3) is 3.65. The Hall–Kier alpha value is -2.43. The molecule has 4 nitrogen and oxygen atoms in total. The molecule has 0 bridgehead atoms. The van der Waals surface area contributed by atoms with Crippen molar-refractivity contribution in [3.05, 3.63) is 60.2 Å². The molecular formula is C21H25N3O. The normalized spacial score (nSPS) is 12.6. The molecule has 0 radical (unpaired) electrons. The maximum Gasteiger partial charge on any atom is 0.0942 e. The van der Waals surface area contributed by atoms with Gasteiger partial charge in [0.2, 0.25) is 0 Å². The Bertz CT molecular complexity index is 844. The van der Waals surface area contributed by atoms with E-state index in [9.17, 15) is 5.11 Å². The van der Waals surface area contributed by atoms with E-state index in [1.54, 1.807) is 0 Å². The standard InChI is InChI=1S/C21H25N3O/c1-3-24(4-2)14-20(25)17-13-19(15-9-6-5-7-10-15)23-21-16(17)11-8-12-18(21)22/h5-13,20,25H,3-4,14,22H2,1-2H3. The Morgan fingerprint density at radius 3 is 2.44 bits per heavy atom. The van der Waals surface area contributed by atoms with Gasteiger partial charge in [-0.3, -0.25) is 0 Å². The minimum Gasteiger partial charge on any atom is -0.397 e. The number of anilines is 1. The zero-order chi connectivity index (χ0) is 17.8. The van der Waals surface area contributed by atoms with Crippen LogP contribution in [-0.2, 0) is 0 Å². The number of benzene rings is 2. The van der Waals surface area contributed by atoms with E-state index in [-0.39, 0.29) is 0 Å². The van der Waals surface area contributed by atoms with Crippen LogP contribution in [-0.4, -0.2) is 34.6 Å². The largest absolute Gasteiger partial charge is 0.397 e. The molecule has 0 spiro atoms. The van der Waals surface area contributed by atoms with Gasteiger partial charge in [-0.2, -0.15) is 0 Å². The first-order chi connectivity index (χ1) is 12.1. The molecule has 1 unspecified atom stereocenters. The van der Waals surface area contributed by atoms with Crippen molar-refractivity contribution < 1.29 is 5.11 Å². The summed E-state index contributed by atoms with van der Waals surface area (Å²) in [7, 11) is 0. The van der Waals surface area contributed by atoms with Gasteiger partial charge in [-0.15, -0.1) is 0 Å². The number of nitrogens with zero attached hydrogens (tertiary/aromatic N) is 2. The molecule has 2 aromatic carbocycles. The Morgan fingerprint density at radius 2 is 1.76 bits per heavy atom. The summed E-state index contributed by atoms with van der Waals surface area (Å²) in [6.45, 7) is 6.62. The van der Waals surface area contributed by atoms with Crippen LogP contribution >= 0.6 is 0 Å². The Kier molecular flexibility index (Phi) is 5.31. The van der Waals surface area contributed by atoms with E-state index >= 15 is 0 Å². The summed E-state index contributed by atoms with van der Waals surface area (Å²) in [5.41, 5.74) is 10.3. The maximum absolute atomic E-state index is 10.9. The second kappa shape index (κ2) is 7.64. The number of hydrogen-bond acceptors (Lipinski definition) is 4. The molecule has 1 heterocycles. The summed E-state index contributed by atoms with van der Waals surface area (Å²) in [4.78, 5) is 6.97. The van der Waals surface area contributed by atoms with Crippen molar-refractivity contribution in [3.8, 4) is 11.3 Å². The summed E-state index contributed by atoms with van der Waals surface area (Å²) in [6.07, 6.45) is -0.588. The molecule has 0 fully saturated rings. The molecule has 1 atom stereocenters. The Morgan fingerprint density at radius 1 is 1.04 bits per heavy atom. The van der Waals surface area contributed by atoms with E-state index in [0.29, 0.717) is 12.2 Å². The fourth-order valence-corrected chi connectivity index (χ4v) is 3.15. The number of nitrogens with two attached hydrogens (primary N) is 1. The van der Waals surface area contributed by atoms with Gasteiger partial charge in [-0.1, -0.05) is 56.3 Å². The van der Waals surface area contributed by atoms with Crippen molar-refractivity contribution in [2.75, 3.05) is 25.4 Å². The van der Waals surface area contributed by atoms with Crippen LogP contribution in [0.4, 0.5) is 5.69 Å². The molecule has 0 aliphatic carbocycles. The predicted octanol–water partition coefficient (Wildman–Crippen LogP) is 3.86. The van der Waals surface area contributed by atoms with Crippen LogP contribution in [0.25, 0.3) is 22.2 Å². The highest BCUT2D eigenvalue weighted by molar-refractivity contribution is 5.93. The summed E-state index contributed by atoms with van der Waals surface area (Å²) < 4.78 is 0. The lowest BCUT2D eigenvalue weighted by Gasteiger charge is -2.23. The highest BCUT2D eigenvalue weighted by atomic mass is 16.3. The van der Waals surface area contributed by atoms with E-state index in [2.05, 4.69) is 18.7 Å². The fraction of sp³-hybridized carbons (Fsp3) is 0.286. The topological polar surface area (TPSA) is 62.4 Å². The van der Waals surface area contributed by atoms with Gasteiger partial charge < -0.3 is 15.7 Å². The number of pyridine rings is 1. The summed E-state index contributed by atoms with van der Waals surface area (Å²) in [5, 5.41) is 11.8. The third-order valence-corrected chi connectivity index (χ3v) is 4.66. The number of aromatic nitrogens is 1. The molecule has 3 rings (SSSR count). The molecule has 0 saturated carbocycles. The Labute approximate surface area is 148 Å². The molecule has 0 aliphatic rings. The number of hydrogen-bond donors (Lipinski definition) is 2. The van der Waals surface area contributed by atoms with Crippen LogP contribution in [0.2, 0.25) is 0 Å². The lowest BCUT2D eigenvalue weighted by molar-refractivity contribution is 0.120. The molecule has 0 saturated heterocycles. The van der Waals surface area contributed by atoms with E-state index in [0.717, 1.165) is 40.8 Å². The highest BCUT2D eigenvalue weighted by Gasteiger charge is 2.17. The molecule has 3 aromatic rings. The van der Waals surface area contributed by atoms with Gasteiger partial charge in [0.1, 0.15) is 0 Å². The van der Waals surface area contributed by atoms with Crippen molar-refractivity contribution in [2.45, 2.75) is 20.0 Å². The van der Waals surface area contributed by atoms with Crippen LogP contribution in [0.15, 0.2) is 54.6 Å². The zero-order valence-electron chi connectivity index (χ0n) is 14.8. The number of aliphatic hydroxyl groups is 1. The molecule has 3 N–H and O–H groups in total. The summed E-state index contributed by atoms with van der Waals surface area (Å²) in [5.74, 6) is 0. The average Bonchev–Trinajstić information content (AvgIpc) is 2.66. The molecule has 0 amide bonds. The van der Waals surface area contributed by atoms with E-state index in [1.807, 2.05) is 54.6 Å². The lowest BCUT2D eigenvalue weighted by Crippen LogP contribution is -2.28. The number of aliphatic hydroxyl groups excluding tert-OH is 1. The van der Waals surface area contributed by atoms with Crippen LogP contribution in [0.1, 0.15) is 25.5 Å². The first-order valence-corrected chi connectivity index (χ1v) is 8.79. The smallest absolute Gasteiger partial charge is 0.0942 e. The van der Waals surface area contributed by atoms with Gasteiger partial charge in [0.15, 0.2) is 0 Å². The number of likely N-dealkylation sites (N-methyl/N-ethyl adjacent to an activating group) is 1. The molecule has 1 aromatic heterocycles. The maximum atomic E-state index is 10.9. The number of fused-ring (bicyclic) bond motifs is 1. The summed E-state index contributed by atoms with van der Waals surface area (Å²) >= 11 is 0. The quantitative estimate of drug-likeness (QED) is 0.672. The number of para-hydroxylation sites is 1. The minimum atomic E-state index is -0.588. The lowest BCUT2D eigenvalue weighted by atomic mass is 9.99. The number of rotatable bonds is 6. The zero-order valence-corrected chi connectivity index (χ0v) is 14.8. The van der Waals surface area contributed by atoms with E-state index < -0.39 is 6.10 Å². The molecule has 130 valence electrons. The average molecular weight is 335 g/mol. The minimum absolute atomic E-state index is 0.588. The van der Waals surface area contributed by atoms with Gasteiger partial charge >= 0.3 is 0 Å². The molecular weight excluding hydrogens is 310 g/mol. The van der Waals surface area contributed by atoms with Crippen LogP contribution in [0, 0.1) is 0 Å². The van der Waals surface area contributed by atoms with Gasteiger partial charge in [0.05, 0.1) is 23.0 Å². The monoisotopic (exact) mass is 335 g/mol. The van der Waals surface area contributed by atoms with Gasteiger partial charge in [-0.25, -0.2) is 4.98 Å². The van der Waals surface area contributed by atoms with Crippen molar-refractivity contribution >= 4 is 16.6 Å². The summed E-state index contributed by atoms with van der Waals surface area (Å²) in [6, 6.07) is 17.7. The molecule has 4 heteroatoms. The van der Waals surface area contributed by atoms with Crippen molar-refractivity contribution in [1.29, 1.82) is 0 Å². The number of nitrogen functional groups attached to an aromatic ring is 1. The first-order valence-electron chi connectivity index (χ1n) is 8.79. The fourth-order valence-electron chi connectivity index (χ4n) is 3.15. The third-order valence-electron chi connectivity index (χ3n) is 4.66. The molecule has 0 aliphatic heterocycles. The first kappa shape index (κ1) is 17.4. The van der Waals surface area contributed by atoms with Gasteiger partial charge in [0.25, 0.3) is 0 Å². The van der Waals surface area contributed by atoms with Crippen molar-refractivity contribution in [1.82, 2.24) is 9.88 Å². The second-order valence-electron chi connectivity index (χ2n) is 6.21. The van der Waals surface area contributed by atoms with Crippen LogP contribution in [0.5, 0.6) is 0 Å². The van der Waals surface area contributed by atoms with Crippen molar-refractivity contribution in [3.63, 3.8) is 0 Å². The highest BCUT2D eigenvalue weighted by Crippen LogP contribution is 2.31. The van der Waals surface area contributed by atoms with Gasteiger partial charge in [-0.05, 0) is 30.8 Å². The van der Waals surface area contributed by atoms with Crippen molar-refractivity contribution in [2.24, 2.45) is 0 Å². The predicted molar refractivity (Wildman–Crippen MR) is 104 cm³/mol. The molecule has 25 heavy (non-hydrogen) atoms. The Balaban J connectivity index is 2.14. The second-order valence-corrected chi connectivity index (χ2v) is 6.21. The van der Waals surface area contributed by atoms with Crippen LogP contribution < -0.4 is 5.73 Å².